The van der Waals surface area contributed by atoms with Crippen molar-refractivity contribution in [2.75, 3.05) is 13.1 Å². The van der Waals surface area contributed by atoms with Crippen LogP contribution in [-0.2, 0) is 0 Å². The summed E-state index contributed by atoms with van der Waals surface area (Å²) in [5, 5.41) is 3.25. The van der Waals surface area contributed by atoms with Gasteiger partial charge in [-0.15, -0.1) is 12.4 Å². The first-order chi connectivity index (χ1) is 4.88. The zero-order chi connectivity index (χ0) is 6.97. The van der Waals surface area contributed by atoms with Crippen LogP contribution in [0.25, 0.3) is 0 Å². The van der Waals surface area contributed by atoms with Gasteiger partial charge < -0.3 is 5.32 Å². The van der Waals surface area contributed by atoms with E-state index in [1.165, 1.54) is 6.42 Å². The Kier molecular flexibility index (Phi) is 3.14. The molecule has 0 bridgehead atoms. The van der Waals surface area contributed by atoms with Crippen molar-refractivity contribution in [3.8, 4) is 0 Å². The summed E-state index contributed by atoms with van der Waals surface area (Å²) in [6, 6.07) is 0. The number of fused-ring (bicyclic) bond motifs is 1. The first-order valence-corrected chi connectivity index (χ1v) is 4.22. The second-order valence-electron chi connectivity index (χ2n) is 3.53. The van der Waals surface area contributed by atoms with Crippen LogP contribution in [0.1, 0.15) is 19.3 Å². The minimum Gasteiger partial charge on any atom is -0.316 e. The Balaban J connectivity index is 0.000000605. The molecule has 1 heterocycles. The van der Waals surface area contributed by atoms with Crippen molar-refractivity contribution in [2.45, 2.75) is 25.4 Å². The molecule has 1 nitrogen and oxygen atoms in total. The molecule has 66 valence electrons. The van der Waals surface area contributed by atoms with Gasteiger partial charge in [0.15, 0.2) is 0 Å². The zero-order valence-corrected chi connectivity index (χ0v) is 7.37. The Hall–Kier alpha value is 0.180. The van der Waals surface area contributed by atoms with E-state index >= 15 is 0 Å². The zero-order valence-electron chi connectivity index (χ0n) is 6.55. The number of alkyl halides is 1. The van der Waals surface area contributed by atoms with Crippen molar-refractivity contribution in [2.24, 2.45) is 11.8 Å². The number of rotatable bonds is 0. The lowest BCUT2D eigenvalue weighted by atomic mass is 9.80. The molecular weight excluding hydrogens is 165 g/mol. The van der Waals surface area contributed by atoms with Gasteiger partial charge in [-0.05, 0) is 25.3 Å². The van der Waals surface area contributed by atoms with E-state index in [0.29, 0.717) is 11.8 Å². The molecule has 11 heavy (non-hydrogen) atoms. The second kappa shape index (κ2) is 3.72. The largest absolute Gasteiger partial charge is 0.316 e. The van der Waals surface area contributed by atoms with Gasteiger partial charge in [-0.25, -0.2) is 4.39 Å². The molecule has 0 aromatic rings. The Morgan fingerprint density at radius 1 is 1.18 bits per heavy atom. The summed E-state index contributed by atoms with van der Waals surface area (Å²) >= 11 is 0. The minimum atomic E-state index is -0.506. The lowest BCUT2D eigenvalue weighted by Gasteiger charge is -2.27. The molecule has 0 aromatic heterocycles. The Morgan fingerprint density at radius 3 is 2.73 bits per heavy atom. The van der Waals surface area contributed by atoms with E-state index in [1.54, 1.807) is 0 Å². The van der Waals surface area contributed by atoms with Gasteiger partial charge in [-0.1, -0.05) is 6.42 Å². The average molecular weight is 180 g/mol. The van der Waals surface area contributed by atoms with Crippen molar-refractivity contribution in [1.29, 1.82) is 0 Å². The van der Waals surface area contributed by atoms with E-state index in [4.69, 9.17) is 0 Å². The number of nitrogens with one attached hydrogen (secondary N) is 1. The standard InChI is InChI=1S/C8H14FN.ClH/c9-8-3-1-2-6-4-10-5-7(6)8;/h6-8,10H,1-5H2;1H/t6-,7+,8?;/m0./s1. The molecular formula is C8H15ClFN. The monoisotopic (exact) mass is 179 g/mol. The van der Waals surface area contributed by atoms with Crippen LogP contribution in [0.2, 0.25) is 0 Å². The van der Waals surface area contributed by atoms with Crippen LogP contribution >= 0.6 is 12.4 Å². The molecule has 2 fully saturated rings. The minimum absolute atomic E-state index is 0. The summed E-state index contributed by atoms with van der Waals surface area (Å²) in [6.07, 6.45) is 2.65. The average Bonchev–Trinajstić information content (AvgIpc) is 2.36. The van der Waals surface area contributed by atoms with Crippen LogP contribution in [0.15, 0.2) is 0 Å². The number of hydrogen-bond acceptors (Lipinski definition) is 1. The fraction of sp³-hybridized carbons (Fsp3) is 1.00. The highest BCUT2D eigenvalue weighted by atomic mass is 35.5. The third-order valence-electron chi connectivity index (χ3n) is 2.91. The summed E-state index contributed by atoms with van der Waals surface area (Å²) in [4.78, 5) is 0. The fourth-order valence-electron chi connectivity index (χ4n) is 2.28. The third kappa shape index (κ3) is 1.67. The topological polar surface area (TPSA) is 12.0 Å². The quantitative estimate of drug-likeness (QED) is 0.598. The van der Waals surface area contributed by atoms with Crippen molar-refractivity contribution in [1.82, 2.24) is 5.32 Å². The Bertz CT molecular complexity index is 131. The molecule has 2 aliphatic rings. The van der Waals surface area contributed by atoms with Crippen LogP contribution in [0, 0.1) is 11.8 Å². The van der Waals surface area contributed by atoms with Gasteiger partial charge in [0, 0.05) is 12.5 Å². The predicted octanol–water partition coefficient (Wildman–Crippen LogP) is 1.77. The highest BCUT2D eigenvalue weighted by Gasteiger charge is 2.36. The molecule has 1 unspecified atom stereocenters. The Labute approximate surface area is 73.2 Å². The first-order valence-electron chi connectivity index (χ1n) is 4.22. The summed E-state index contributed by atoms with van der Waals surface area (Å²) < 4.78 is 13.1. The highest BCUT2D eigenvalue weighted by Crippen LogP contribution is 2.34. The van der Waals surface area contributed by atoms with Crippen molar-refractivity contribution in [3.63, 3.8) is 0 Å². The molecule has 1 N–H and O–H groups in total. The van der Waals surface area contributed by atoms with Crippen molar-refractivity contribution < 1.29 is 4.39 Å². The highest BCUT2D eigenvalue weighted by molar-refractivity contribution is 5.85. The summed E-state index contributed by atoms with van der Waals surface area (Å²) in [5.74, 6) is 1.01. The van der Waals surface area contributed by atoms with E-state index in [-0.39, 0.29) is 12.4 Å². The normalized spacial score (nSPS) is 42.8. The molecule has 0 spiro atoms. The van der Waals surface area contributed by atoms with E-state index in [1.807, 2.05) is 0 Å². The van der Waals surface area contributed by atoms with Gasteiger partial charge in [0.05, 0.1) is 0 Å². The summed E-state index contributed by atoms with van der Waals surface area (Å²) in [6.45, 7) is 1.98. The predicted molar refractivity (Wildman–Crippen MR) is 45.8 cm³/mol. The third-order valence-corrected chi connectivity index (χ3v) is 2.91. The van der Waals surface area contributed by atoms with Gasteiger partial charge in [-0.2, -0.15) is 0 Å². The maximum absolute atomic E-state index is 13.1. The van der Waals surface area contributed by atoms with Crippen LogP contribution in [0.3, 0.4) is 0 Å². The molecule has 3 atom stereocenters. The molecule has 1 aliphatic carbocycles. The molecule has 2 rings (SSSR count). The Morgan fingerprint density at radius 2 is 2.00 bits per heavy atom. The van der Waals surface area contributed by atoms with Gasteiger partial charge >= 0.3 is 0 Å². The number of hydrogen-bond donors (Lipinski definition) is 1. The van der Waals surface area contributed by atoms with Gasteiger partial charge in [0.1, 0.15) is 6.17 Å². The number of halogens is 2. The lowest BCUT2D eigenvalue weighted by molar-refractivity contribution is 0.142. The summed E-state index contributed by atoms with van der Waals surface area (Å²) in [7, 11) is 0. The van der Waals surface area contributed by atoms with Crippen molar-refractivity contribution >= 4 is 12.4 Å². The van der Waals surface area contributed by atoms with Crippen LogP contribution < -0.4 is 5.32 Å². The molecule has 1 saturated heterocycles. The summed E-state index contributed by atoms with van der Waals surface area (Å²) in [5.41, 5.74) is 0. The molecule has 3 heteroatoms. The second-order valence-corrected chi connectivity index (χ2v) is 3.53. The van der Waals surface area contributed by atoms with E-state index in [9.17, 15) is 4.39 Å². The fourth-order valence-corrected chi connectivity index (χ4v) is 2.28. The van der Waals surface area contributed by atoms with Crippen LogP contribution in [0.5, 0.6) is 0 Å². The van der Waals surface area contributed by atoms with Gasteiger partial charge in [0.25, 0.3) is 0 Å². The van der Waals surface area contributed by atoms with Crippen molar-refractivity contribution in [3.05, 3.63) is 0 Å². The molecule has 1 aliphatic heterocycles. The SMILES string of the molecule is Cl.FC1CCC[C@H]2CNC[C@@H]12. The van der Waals surface area contributed by atoms with Crippen LogP contribution in [0.4, 0.5) is 4.39 Å². The van der Waals surface area contributed by atoms with E-state index in [0.717, 1.165) is 25.9 Å². The van der Waals surface area contributed by atoms with Gasteiger partial charge in [0.2, 0.25) is 0 Å². The smallest absolute Gasteiger partial charge is 0.104 e. The lowest BCUT2D eigenvalue weighted by Crippen LogP contribution is -2.28. The van der Waals surface area contributed by atoms with E-state index < -0.39 is 6.17 Å². The first kappa shape index (κ1) is 9.27. The maximum Gasteiger partial charge on any atom is 0.104 e. The van der Waals surface area contributed by atoms with E-state index in [2.05, 4.69) is 5.32 Å². The molecule has 0 amide bonds. The maximum atomic E-state index is 13.1. The molecule has 1 saturated carbocycles. The molecule has 0 radical (unpaired) electrons. The van der Waals surface area contributed by atoms with Crippen LogP contribution in [-0.4, -0.2) is 19.3 Å². The molecule has 0 aromatic carbocycles. The van der Waals surface area contributed by atoms with Gasteiger partial charge in [-0.3, -0.25) is 0 Å².